The molecule has 3 aliphatic carbocycles. The normalized spacial score (nSPS) is 37.3. The van der Waals surface area contributed by atoms with Gasteiger partial charge in [-0.3, -0.25) is 19.2 Å². The number of hydrogen-bond acceptors (Lipinski definition) is 9. The number of aliphatic hydroxyl groups excluding tert-OH is 1. The molecule has 0 aliphatic heterocycles. The van der Waals surface area contributed by atoms with Crippen LogP contribution in [-0.4, -0.2) is 75.3 Å². The van der Waals surface area contributed by atoms with Crippen LogP contribution >= 0.6 is 0 Å². The van der Waals surface area contributed by atoms with Crippen molar-refractivity contribution < 1.29 is 34.5 Å². The molecule has 0 aromatic heterocycles. The van der Waals surface area contributed by atoms with Crippen molar-refractivity contribution in [2.24, 2.45) is 29.4 Å². The van der Waals surface area contributed by atoms with Crippen molar-refractivity contribution in [1.82, 2.24) is 4.90 Å². The molecule has 3 unspecified atom stereocenters. The first-order valence-electron chi connectivity index (χ1n) is 10.0. The molecular weight excluding hydrogens is 406 g/mol. The van der Waals surface area contributed by atoms with Gasteiger partial charge in [0.2, 0.25) is 5.91 Å². The number of amides is 1. The molecule has 1 aromatic rings. The highest BCUT2D eigenvalue weighted by Gasteiger charge is 2.69. The average Bonchev–Trinajstić information content (AvgIpc) is 2.67. The summed E-state index contributed by atoms with van der Waals surface area (Å²) < 4.78 is 0. The quantitative estimate of drug-likeness (QED) is 0.206. The molecule has 0 saturated heterocycles. The lowest BCUT2D eigenvalue weighted by molar-refractivity contribution is -0.190. The Balaban J connectivity index is 1.86. The van der Waals surface area contributed by atoms with Crippen LogP contribution in [0.3, 0.4) is 0 Å². The molecule has 10 nitrogen and oxygen atoms in total. The van der Waals surface area contributed by atoms with E-state index in [0.717, 1.165) is 0 Å². The number of benzene rings is 1. The number of nitrogens with zero attached hydrogens (tertiary/aromatic N) is 1. The molecule has 7 N–H and O–H groups in total. The van der Waals surface area contributed by atoms with Gasteiger partial charge in [0.1, 0.15) is 11.7 Å². The van der Waals surface area contributed by atoms with Gasteiger partial charge in [0.05, 0.1) is 23.3 Å². The zero-order chi connectivity index (χ0) is 23.0. The Kier molecular flexibility index (Phi) is 4.73. The van der Waals surface area contributed by atoms with Crippen LogP contribution in [-0.2, 0) is 20.8 Å². The topological polar surface area (TPSA) is 184 Å². The van der Waals surface area contributed by atoms with Gasteiger partial charge in [0.15, 0.2) is 23.0 Å². The molecule has 166 valence electrons. The van der Waals surface area contributed by atoms with Crippen LogP contribution in [0, 0.1) is 23.7 Å². The largest absolute Gasteiger partial charge is 0.505 e. The summed E-state index contributed by atoms with van der Waals surface area (Å²) in [5, 5.41) is 32.5. The molecular formula is C21H25N3O7. The van der Waals surface area contributed by atoms with Crippen molar-refractivity contribution in [3.63, 3.8) is 0 Å². The number of nitrogens with two attached hydrogens (primary N) is 2. The van der Waals surface area contributed by atoms with Gasteiger partial charge < -0.3 is 31.7 Å². The number of aromatic hydroxyl groups is 1. The summed E-state index contributed by atoms with van der Waals surface area (Å²) >= 11 is 0. The highest BCUT2D eigenvalue weighted by Crippen LogP contribution is 2.51. The molecule has 0 spiro atoms. The number of Topliss-reactive ketones (excluding diaryl/α,β-unsaturated/α-hetero) is 3. The number of carbonyl (C=O) groups excluding carboxylic acids is 4. The number of nitrogen functional groups attached to an aromatic ring is 1. The summed E-state index contributed by atoms with van der Waals surface area (Å²) in [4.78, 5) is 53.4. The van der Waals surface area contributed by atoms with Crippen LogP contribution in [0.5, 0.6) is 5.75 Å². The van der Waals surface area contributed by atoms with Crippen molar-refractivity contribution in [1.29, 1.82) is 0 Å². The number of phenolic OH excluding ortho intramolecular Hbond substituents is 1. The Morgan fingerprint density at radius 2 is 1.84 bits per heavy atom. The minimum absolute atomic E-state index is 0.0243. The first kappa shape index (κ1) is 21.4. The van der Waals surface area contributed by atoms with Crippen LogP contribution in [0.2, 0.25) is 0 Å². The molecule has 4 rings (SSSR count). The number of hydrogen-bond donors (Lipinski definition) is 5. The zero-order valence-electron chi connectivity index (χ0n) is 17.1. The van der Waals surface area contributed by atoms with Crippen molar-refractivity contribution in [2.75, 3.05) is 19.8 Å². The maximum atomic E-state index is 13.5. The van der Waals surface area contributed by atoms with Gasteiger partial charge >= 0.3 is 0 Å². The van der Waals surface area contributed by atoms with E-state index >= 15 is 0 Å². The SMILES string of the molecule is CN(C)[C@H]1C(O)C(C(N)=O)C(=O)[C@]2(O)C(=O)C3C(=O)c4c(ccc(N)c4O)C[C@@H]3C[C@H]12. The molecule has 3 aliphatic rings. The maximum Gasteiger partial charge on any atom is 0.230 e. The Morgan fingerprint density at radius 1 is 1.19 bits per heavy atom. The van der Waals surface area contributed by atoms with Crippen molar-refractivity contribution in [2.45, 2.75) is 30.6 Å². The monoisotopic (exact) mass is 431 g/mol. The summed E-state index contributed by atoms with van der Waals surface area (Å²) in [5.41, 5.74) is 8.78. The highest BCUT2D eigenvalue weighted by atomic mass is 16.3. The molecule has 1 amide bonds. The summed E-state index contributed by atoms with van der Waals surface area (Å²) in [7, 11) is 3.20. The van der Waals surface area contributed by atoms with Gasteiger partial charge in [0, 0.05) is 12.0 Å². The van der Waals surface area contributed by atoms with Gasteiger partial charge in [-0.2, -0.15) is 0 Å². The number of likely N-dealkylation sites (N-methyl/N-ethyl adjacent to an activating group) is 1. The minimum Gasteiger partial charge on any atom is -0.505 e. The predicted molar refractivity (Wildman–Crippen MR) is 107 cm³/mol. The molecule has 2 saturated carbocycles. The number of phenols is 1. The number of anilines is 1. The lowest BCUT2D eigenvalue weighted by atomic mass is 9.52. The van der Waals surface area contributed by atoms with Crippen LogP contribution in [0.4, 0.5) is 5.69 Å². The number of ketones is 3. The second-order valence-electron chi connectivity index (χ2n) is 9.01. The van der Waals surface area contributed by atoms with E-state index in [0.29, 0.717) is 5.56 Å². The summed E-state index contributed by atoms with van der Waals surface area (Å²) in [6, 6.07) is 2.16. The second-order valence-corrected chi connectivity index (χ2v) is 9.01. The Bertz CT molecular complexity index is 1020. The number of aliphatic hydroxyl groups is 2. The summed E-state index contributed by atoms with van der Waals surface area (Å²) in [5.74, 6) is -9.27. The lowest BCUT2D eigenvalue weighted by Gasteiger charge is -2.54. The van der Waals surface area contributed by atoms with E-state index in [9.17, 15) is 34.5 Å². The van der Waals surface area contributed by atoms with Gasteiger partial charge in [-0.1, -0.05) is 6.07 Å². The van der Waals surface area contributed by atoms with E-state index in [-0.39, 0.29) is 24.1 Å². The van der Waals surface area contributed by atoms with Crippen LogP contribution in [0.25, 0.3) is 0 Å². The first-order chi connectivity index (χ1) is 14.4. The lowest BCUT2D eigenvalue weighted by Crippen LogP contribution is -2.75. The molecule has 2 fully saturated rings. The maximum absolute atomic E-state index is 13.5. The Morgan fingerprint density at radius 3 is 2.42 bits per heavy atom. The number of rotatable bonds is 2. The molecule has 0 heterocycles. The van der Waals surface area contributed by atoms with E-state index in [4.69, 9.17) is 11.5 Å². The zero-order valence-corrected chi connectivity index (χ0v) is 17.1. The van der Waals surface area contributed by atoms with E-state index < -0.39 is 70.4 Å². The molecule has 1 aromatic carbocycles. The van der Waals surface area contributed by atoms with E-state index in [1.165, 1.54) is 6.07 Å². The summed E-state index contributed by atoms with van der Waals surface area (Å²) in [6.07, 6.45) is -1.17. The van der Waals surface area contributed by atoms with Crippen molar-refractivity contribution in [3.8, 4) is 5.75 Å². The Labute approximate surface area is 177 Å². The average molecular weight is 431 g/mol. The fourth-order valence-corrected chi connectivity index (χ4v) is 5.81. The van der Waals surface area contributed by atoms with E-state index in [1.807, 2.05) is 0 Å². The second kappa shape index (κ2) is 6.84. The van der Waals surface area contributed by atoms with Crippen molar-refractivity contribution >= 4 is 28.9 Å². The summed E-state index contributed by atoms with van der Waals surface area (Å²) in [6.45, 7) is 0. The smallest absolute Gasteiger partial charge is 0.230 e. The molecule has 0 bridgehead atoms. The van der Waals surface area contributed by atoms with Crippen molar-refractivity contribution in [3.05, 3.63) is 23.3 Å². The molecule has 7 atom stereocenters. The fraction of sp³-hybridized carbons (Fsp3) is 0.524. The fourth-order valence-electron chi connectivity index (χ4n) is 5.81. The first-order valence-corrected chi connectivity index (χ1v) is 10.0. The van der Waals surface area contributed by atoms with Gasteiger partial charge in [-0.05, 0) is 44.5 Å². The number of carbonyl (C=O) groups is 4. The van der Waals surface area contributed by atoms with Gasteiger partial charge in [-0.15, -0.1) is 0 Å². The number of fused-ring (bicyclic) bond motifs is 3. The van der Waals surface area contributed by atoms with E-state index in [2.05, 4.69) is 0 Å². The van der Waals surface area contributed by atoms with E-state index in [1.54, 1.807) is 25.1 Å². The van der Waals surface area contributed by atoms with Crippen LogP contribution in [0.15, 0.2) is 12.1 Å². The number of primary amides is 1. The molecule has 10 heteroatoms. The minimum atomic E-state index is -2.65. The third-order valence-corrected chi connectivity index (χ3v) is 7.19. The molecule has 0 radical (unpaired) electrons. The third kappa shape index (κ3) is 2.68. The molecule has 31 heavy (non-hydrogen) atoms. The predicted octanol–water partition coefficient (Wildman–Crippen LogP) is -1.76. The van der Waals surface area contributed by atoms with Gasteiger partial charge in [-0.25, -0.2) is 0 Å². The Hall–Kier alpha value is -2.82. The van der Waals surface area contributed by atoms with Crippen LogP contribution < -0.4 is 11.5 Å². The highest BCUT2D eigenvalue weighted by molar-refractivity contribution is 6.25. The standard InChI is InChI=1S/C21H25N3O7/c1-24(2)14-9-6-8-5-7-3-4-10(22)15(25)11(7)16(26)12(8)18(28)21(9,31)19(29)13(17(14)27)20(23)30/h3-4,8-9,12-14,17,25,27,31H,5-6,22H2,1-2H3,(H2,23,30)/t8-,9-,12?,13?,14-,17?,21-/m1/s1. The third-order valence-electron chi connectivity index (χ3n) is 7.19. The van der Waals surface area contributed by atoms with Crippen LogP contribution in [0.1, 0.15) is 22.3 Å². The van der Waals surface area contributed by atoms with Gasteiger partial charge in [0.25, 0.3) is 0 Å².